The molecule has 52 heavy (non-hydrogen) atoms. The van der Waals surface area contributed by atoms with Crippen molar-refractivity contribution in [1.29, 1.82) is 0 Å². The van der Waals surface area contributed by atoms with E-state index >= 15 is 0 Å². The molecule has 4 aromatic rings. The van der Waals surface area contributed by atoms with Crippen molar-refractivity contribution in [3.63, 3.8) is 0 Å². The van der Waals surface area contributed by atoms with E-state index in [9.17, 15) is 36.6 Å². The zero-order valence-corrected chi connectivity index (χ0v) is 29.8. The number of rotatable bonds is 13. The van der Waals surface area contributed by atoms with Gasteiger partial charge in [-0.2, -0.15) is 16.8 Å². The van der Waals surface area contributed by atoms with Gasteiger partial charge >= 0.3 is 0 Å². The number of nitrogens with zero attached hydrogens (tertiary/aromatic N) is 4. The van der Waals surface area contributed by atoms with E-state index in [0.29, 0.717) is 11.1 Å². The number of ketones is 2. The van der Waals surface area contributed by atoms with Gasteiger partial charge in [0.25, 0.3) is 32.0 Å². The molecule has 0 atom stereocenters. The summed E-state index contributed by atoms with van der Waals surface area (Å²) in [6.07, 6.45) is 0. The second-order valence-electron chi connectivity index (χ2n) is 10.5. The molecule has 0 aliphatic rings. The van der Waals surface area contributed by atoms with Gasteiger partial charge in [0.2, 0.25) is 0 Å². The third-order valence-corrected chi connectivity index (χ3v) is 9.04. The Balaban J connectivity index is 1.48. The molecule has 0 spiro atoms. The Hall–Kier alpha value is -5.50. The van der Waals surface area contributed by atoms with Crippen molar-refractivity contribution in [2.24, 2.45) is 20.2 Å². The fourth-order valence-electron chi connectivity index (χ4n) is 4.12. The summed E-state index contributed by atoms with van der Waals surface area (Å²) in [4.78, 5) is 31.5. The number of hydrogen-bond donors (Lipinski definition) is 6. The van der Waals surface area contributed by atoms with Crippen LogP contribution >= 0.6 is 23.2 Å². The van der Waals surface area contributed by atoms with E-state index in [0.717, 1.165) is 38.1 Å². The van der Waals surface area contributed by atoms with Crippen molar-refractivity contribution in [3.05, 3.63) is 95.0 Å². The first-order chi connectivity index (χ1) is 24.3. The molecule has 0 aliphatic carbocycles. The van der Waals surface area contributed by atoms with Gasteiger partial charge in [0, 0.05) is 13.8 Å². The smallest absolute Gasteiger partial charge is 0.294 e. The molecule has 0 unspecified atom stereocenters. The van der Waals surface area contributed by atoms with Gasteiger partial charge in [0.05, 0.1) is 42.6 Å². The lowest BCUT2D eigenvalue weighted by atomic mass is 10.0. The van der Waals surface area contributed by atoms with E-state index in [1.54, 1.807) is 24.3 Å². The first kappa shape index (κ1) is 39.3. The molecule has 0 fully saturated rings. The van der Waals surface area contributed by atoms with Gasteiger partial charge in [-0.3, -0.25) is 29.5 Å². The third-order valence-electron chi connectivity index (χ3n) is 6.68. The number of aliphatic hydroxyl groups excluding tert-OH is 2. The quantitative estimate of drug-likeness (QED) is 0.0370. The molecule has 270 valence electrons. The minimum Gasteiger partial charge on any atom is -0.491 e. The van der Waals surface area contributed by atoms with E-state index in [-0.39, 0.29) is 42.6 Å². The van der Waals surface area contributed by atoms with Crippen molar-refractivity contribution < 1.29 is 45.7 Å². The van der Waals surface area contributed by atoms with Gasteiger partial charge < -0.3 is 10.2 Å². The molecule has 0 radical (unpaired) electrons. The Morgan fingerprint density at radius 2 is 0.904 bits per heavy atom. The molecule has 16 nitrogen and oxygen atoms in total. The third kappa shape index (κ3) is 10.3. The highest BCUT2D eigenvalue weighted by atomic mass is 35.5. The molecular formula is C32H26Cl2N6O10S2. The van der Waals surface area contributed by atoms with Gasteiger partial charge in [-0.25, -0.2) is 9.98 Å². The van der Waals surface area contributed by atoms with Gasteiger partial charge in [-0.05, 0) is 83.9 Å². The maximum absolute atomic E-state index is 12.1. The molecule has 0 aliphatic heterocycles. The van der Waals surface area contributed by atoms with Crippen LogP contribution in [0.4, 0.5) is 22.7 Å². The summed E-state index contributed by atoms with van der Waals surface area (Å²) in [5, 5.41) is 28.8. The second-order valence-corrected chi connectivity index (χ2v) is 14.1. The van der Waals surface area contributed by atoms with Crippen LogP contribution in [0.5, 0.6) is 0 Å². The fraction of sp³-hybridized carbons (Fsp3) is 0.0625. The maximum atomic E-state index is 12.1. The summed E-state index contributed by atoms with van der Waals surface area (Å²) in [6, 6.07) is 18.7. The van der Waals surface area contributed by atoms with Crippen LogP contribution in [0.25, 0.3) is 11.1 Å². The molecule has 4 aromatic carbocycles. The Morgan fingerprint density at radius 1 is 0.577 bits per heavy atom. The zero-order chi connectivity index (χ0) is 38.4. The molecule has 0 amide bonds. The molecular weight excluding hydrogens is 763 g/mol. The first-order valence-corrected chi connectivity index (χ1v) is 18.0. The summed E-state index contributed by atoms with van der Waals surface area (Å²) < 4.78 is 63.2. The topological polar surface area (TPSA) is 257 Å². The van der Waals surface area contributed by atoms with E-state index in [2.05, 4.69) is 31.0 Å². The average molecular weight is 790 g/mol. The Kier molecular flexibility index (Phi) is 12.3. The molecule has 0 aromatic heterocycles. The van der Waals surface area contributed by atoms with Crippen LogP contribution in [0.3, 0.4) is 0 Å². The number of nitrogens with one attached hydrogen (secondary N) is 2. The van der Waals surface area contributed by atoms with E-state index in [1.165, 1.54) is 36.4 Å². The normalized spacial score (nSPS) is 13.1. The van der Waals surface area contributed by atoms with Crippen molar-refractivity contribution in [2.45, 2.75) is 23.6 Å². The Labute approximate surface area is 306 Å². The summed E-state index contributed by atoms with van der Waals surface area (Å²) >= 11 is 12.9. The van der Waals surface area contributed by atoms with E-state index in [4.69, 9.17) is 32.3 Å². The number of carbonyl (C=O) groups is 2. The highest BCUT2D eigenvalue weighted by Gasteiger charge is 2.17. The monoisotopic (exact) mass is 788 g/mol. The molecule has 0 heterocycles. The predicted molar refractivity (Wildman–Crippen MR) is 197 cm³/mol. The van der Waals surface area contributed by atoms with Crippen molar-refractivity contribution >= 4 is 101 Å². The number of anilines is 2. The van der Waals surface area contributed by atoms with Crippen molar-refractivity contribution in [1.82, 2.24) is 0 Å². The number of Topliss-reactive ketones (excluding diaryl/α,β-unsaturated/α-hetero) is 2. The Bertz CT molecular complexity index is 2230. The molecule has 0 saturated heterocycles. The number of benzene rings is 4. The summed E-state index contributed by atoms with van der Waals surface area (Å²) in [5.74, 6) is -2.88. The lowest BCUT2D eigenvalue weighted by Crippen LogP contribution is -2.22. The number of carbonyl (C=O) groups excluding carboxylic acids is 2. The standard InChI is InChI=1S/C32H26Cl2N6O10S2/c1-17(41)29(35-21-5-9-23(10-6-21)51(45,46)47)31(43)39-37-27-13-3-19(15-25(27)33)20-4-14-28(26(34)16-20)38-40-32(44)30(18(2)42)36-22-7-11-24(12-8-22)52(48,49)50/h3-16,37-38H,1-2H3,(H,39,43)(H,40,44)(H,45,46,47)(H,48,49,50). The zero-order valence-electron chi connectivity index (χ0n) is 26.7. The predicted octanol–water partition coefficient (Wildman–Crippen LogP) is 6.44. The van der Waals surface area contributed by atoms with Gasteiger partial charge in [-0.1, -0.05) is 35.3 Å². The van der Waals surface area contributed by atoms with Gasteiger partial charge in [0.15, 0.2) is 23.0 Å². The second kappa shape index (κ2) is 16.2. The van der Waals surface area contributed by atoms with Crippen LogP contribution in [0.15, 0.2) is 115 Å². The van der Waals surface area contributed by atoms with Crippen LogP contribution in [-0.4, -0.2) is 70.9 Å². The summed E-state index contributed by atoms with van der Waals surface area (Å²) in [5.41, 5.74) is 6.10. The SMILES string of the molecule is CC(=O)C(=Nc1ccc(S(=O)(=O)O)cc1)C(O)=NNc1ccc(-c2ccc(NN=C(O)C(=Nc3ccc(S(=O)(=O)O)cc3)C(C)=O)c(Cl)c2)cc1Cl. The van der Waals surface area contributed by atoms with E-state index in [1.807, 2.05) is 0 Å². The molecule has 0 saturated carbocycles. The van der Waals surface area contributed by atoms with Crippen LogP contribution in [0.1, 0.15) is 13.8 Å². The van der Waals surface area contributed by atoms with Gasteiger partial charge in [0.1, 0.15) is 0 Å². The minimum atomic E-state index is -4.43. The molecule has 6 N–H and O–H groups in total. The van der Waals surface area contributed by atoms with E-state index < -0.39 is 55.0 Å². The first-order valence-electron chi connectivity index (χ1n) is 14.3. The summed E-state index contributed by atoms with van der Waals surface area (Å²) in [7, 11) is -8.87. The molecule has 4 rings (SSSR count). The maximum Gasteiger partial charge on any atom is 0.294 e. The van der Waals surface area contributed by atoms with Crippen LogP contribution in [0, 0.1) is 0 Å². The fourth-order valence-corrected chi connectivity index (χ4v) is 5.52. The van der Waals surface area contributed by atoms with Crippen LogP contribution < -0.4 is 10.9 Å². The molecule has 0 bridgehead atoms. The minimum absolute atomic E-state index is 0.101. The van der Waals surface area contributed by atoms with Gasteiger partial charge in [-0.15, -0.1) is 10.2 Å². The number of aliphatic hydroxyl groups is 2. The van der Waals surface area contributed by atoms with Crippen molar-refractivity contribution in [3.8, 4) is 11.1 Å². The average Bonchev–Trinajstić information content (AvgIpc) is 3.07. The Morgan fingerprint density at radius 3 is 1.17 bits per heavy atom. The number of halogens is 2. The number of hydrazone groups is 2. The highest BCUT2D eigenvalue weighted by molar-refractivity contribution is 7.86. The molecule has 20 heteroatoms. The lowest BCUT2D eigenvalue weighted by Gasteiger charge is -2.10. The van der Waals surface area contributed by atoms with Crippen LogP contribution in [0.2, 0.25) is 10.0 Å². The lowest BCUT2D eigenvalue weighted by molar-refractivity contribution is -0.111. The highest BCUT2D eigenvalue weighted by Crippen LogP contribution is 2.33. The number of hydrogen-bond acceptors (Lipinski definition) is 12. The van der Waals surface area contributed by atoms with Crippen molar-refractivity contribution in [2.75, 3.05) is 10.9 Å². The van der Waals surface area contributed by atoms with Crippen LogP contribution in [-0.2, 0) is 29.8 Å². The largest absolute Gasteiger partial charge is 0.491 e. The number of aliphatic imine (C=N–C) groups is 2. The summed E-state index contributed by atoms with van der Waals surface area (Å²) in [6.45, 7) is 2.27.